The molecule has 1 aliphatic heterocycles. The highest BCUT2D eigenvalue weighted by Crippen LogP contribution is 2.23. The number of aryl methyl sites for hydroxylation is 1. The van der Waals surface area contributed by atoms with Gasteiger partial charge in [0.25, 0.3) is 0 Å². The highest BCUT2D eigenvalue weighted by Gasteiger charge is 2.22. The van der Waals surface area contributed by atoms with Gasteiger partial charge in [-0.3, -0.25) is 4.90 Å². The standard InChI is InChI=1S/C18H27FN4/c1-4-23-16-7-5-6-15(19)18(16)20-17(23)13-22-10-8-14(9-11-22)12-21(2)3/h5-7,14H,4,8-13H2,1-3H3. The van der Waals surface area contributed by atoms with Crippen molar-refractivity contribution in [2.45, 2.75) is 32.9 Å². The van der Waals surface area contributed by atoms with Crippen LogP contribution >= 0.6 is 0 Å². The molecule has 0 spiro atoms. The maximum atomic E-state index is 14.0. The number of hydrogen-bond donors (Lipinski definition) is 0. The molecular weight excluding hydrogens is 291 g/mol. The van der Waals surface area contributed by atoms with E-state index >= 15 is 0 Å². The van der Waals surface area contributed by atoms with E-state index < -0.39 is 0 Å². The van der Waals surface area contributed by atoms with Crippen LogP contribution in [0.2, 0.25) is 0 Å². The van der Waals surface area contributed by atoms with E-state index in [4.69, 9.17) is 0 Å². The molecule has 0 N–H and O–H groups in total. The number of nitrogens with zero attached hydrogens (tertiary/aromatic N) is 4. The van der Waals surface area contributed by atoms with E-state index in [1.165, 1.54) is 25.5 Å². The second-order valence-corrected chi connectivity index (χ2v) is 6.86. The molecular formula is C18H27FN4. The third kappa shape index (κ3) is 3.56. The van der Waals surface area contributed by atoms with Gasteiger partial charge in [-0.1, -0.05) is 6.07 Å². The van der Waals surface area contributed by atoms with Gasteiger partial charge in [-0.15, -0.1) is 0 Å². The number of imidazole rings is 1. The number of hydrogen-bond acceptors (Lipinski definition) is 3. The lowest BCUT2D eigenvalue weighted by molar-refractivity contribution is 0.153. The normalized spacial score (nSPS) is 17.4. The zero-order valence-electron chi connectivity index (χ0n) is 14.4. The van der Waals surface area contributed by atoms with Crippen LogP contribution in [0, 0.1) is 11.7 Å². The maximum absolute atomic E-state index is 14.0. The molecule has 0 amide bonds. The minimum absolute atomic E-state index is 0.222. The summed E-state index contributed by atoms with van der Waals surface area (Å²) in [5.74, 6) is 1.56. The van der Waals surface area contributed by atoms with Crippen molar-refractivity contribution in [1.82, 2.24) is 19.4 Å². The van der Waals surface area contributed by atoms with Crippen molar-refractivity contribution >= 4 is 11.0 Å². The quantitative estimate of drug-likeness (QED) is 0.847. The minimum Gasteiger partial charge on any atom is -0.327 e. The summed E-state index contributed by atoms with van der Waals surface area (Å²) in [5, 5.41) is 0. The van der Waals surface area contributed by atoms with Crippen molar-refractivity contribution in [3.05, 3.63) is 29.8 Å². The lowest BCUT2D eigenvalue weighted by Gasteiger charge is -2.33. The van der Waals surface area contributed by atoms with Gasteiger partial charge in [-0.05, 0) is 65.0 Å². The van der Waals surface area contributed by atoms with Crippen molar-refractivity contribution in [2.75, 3.05) is 33.7 Å². The van der Waals surface area contributed by atoms with Gasteiger partial charge in [-0.2, -0.15) is 0 Å². The van der Waals surface area contributed by atoms with Crippen LogP contribution in [0.3, 0.4) is 0 Å². The SMILES string of the molecule is CCn1c(CN2CCC(CN(C)C)CC2)nc2c(F)cccc21. The second kappa shape index (κ2) is 6.97. The molecule has 23 heavy (non-hydrogen) atoms. The van der Waals surface area contributed by atoms with E-state index in [1.54, 1.807) is 6.07 Å². The molecule has 1 aromatic carbocycles. The summed E-state index contributed by atoms with van der Waals surface area (Å²) in [6.07, 6.45) is 2.47. The third-order valence-corrected chi connectivity index (χ3v) is 4.82. The number of para-hydroxylation sites is 1. The van der Waals surface area contributed by atoms with Gasteiger partial charge in [-0.25, -0.2) is 9.37 Å². The summed E-state index contributed by atoms with van der Waals surface area (Å²) < 4.78 is 16.1. The van der Waals surface area contributed by atoms with Crippen LogP contribution in [-0.4, -0.2) is 53.1 Å². The van der Waals surface area contributed by atoms with E-state index in [-0.39, 0.29) is 5.82 Å². The Hall–Kier alpha value is -1.46. The Morgan fingerprint density at radius 2 is 2.00 bits per heavy atom. The summed E-state index contributed by atoms with van der Waals surface area (Å²) in [6, 6.07) is 5.22. The van der Waals surface area contributed by atoms with Gasteiger partial charge in [0.05, 0.1) is 12.1 Å². The first kappa shape index (κ1) is 16.4. The van der Waals surface area contributed by atoms with Gasteiger partial charge < -0.3 is 9.47 Å². The van der Waals surface area contributed by atoms with Gasteiger partial charge in [0.15, 0.2) is 5.82 Å². The monoisotopic (exact) mass is 318 g/mol. The predicted octanol–water partition coefficient (Wildman–Crippen LogP) is 2.97. The smallest absolute Gasteiger partial charge is 0.151 e. The number of benzene rings is 1. The molecule has 1 saturated heterocycles. The number of likely N-dealkylation sites (tertiary alicyclic amines) is 1. The predicted molar refractivity (Wildman–Crippen MR) is 91.9 cm³/mol. The van der Waals surface area contributed by atoms with Crippen molar-refractivity contribution in [3.63, 3.8) is 0 Å². The fraction of sp³-hybridized carbons (Fsp3) is 0.611. The molecule has 0 saturated carbocycles. The highest BCUT2D eigenvalue weighted by molar-refractivity contribution is 5.76. The minimum atomic E-state index is -0.222. The van der Waals surface area contributed by atoms with Crippen LogP contribution in [-0.2, 0) is 13.1 Å². The van der Waals surface area contributed by atoms with Gasteiger partial charge in [0.1, 0.15) is 11.3 Å². The van der Waals surface area contributed by atoms with Crippen molar-refractivity contribution in [3.8, 4) is 0 Å². The van der Waals surface area contributed by atoms with Crippen molar-refractivity contribution < 1.29 is 4.39 Å². The highest BCUT2D eigenvalue weighted by atomic mass is 19.1. The average Bonchev–Trinajstić information content (AvgIpc) is 2.87. The Balaban J connectivity index is 1.71. The molecule has 2 heterocycles. The molecule has 126 valence electrons. The van der Waals surface area contributed by atoms with Gasteiger partial charge >= 0.3 is 0 Å². The van der Waals surface area contributed by atoms with Crippen LogP contribution in [0.25, 0.3) is 11.0 Å². The Labute approximate surface area is 137 Å². The van der Waals surface area contributed by atoms with Crippen LogP contribution in [0.15, 0.2) is 18.2 Å². The largest absolute Gasteiger partial charge is 0.327 e. The Morgan fingerprint density at radius 3 is 2.65 bits per heavy atom. The van der Waals surface area contributed by atoms with Gasteiger partial charge in [0.2, 0.25) is 0 Å². The third-order valence-electron chi connectivity index (χ3n) is 4.82. The summed E-state index contributed by atoms with van der Waals surface area (Å²) in [7, 11) is 4.29. The summed E-state index contributed by atoms with van der Waals surface area (Å²) in [5.41, 5.74) is 1.41. The topological polar surface area (TPSA) is 24.3 Å². The molecule has 0 radical (unpaired) electrons. The zero-order chi connectivity index (χ0) is 16.4. The molecule has 0 aliphatic carbocycles. The molecule has 4 nitrogen and oxygen atoms in total. The summed E-state index contributed by atoms with van der Waals surface area (Å²) >= 11 is 0. The van der Waals surface area contributed by atoms with E-state index in [0.717, 1.165) is 43.4 Å². The van der Waals surface area contributed by atoms with Gasteiger partial charge in [0, 0.05) is 13.1 Å². The van der Waals surface area contributed by atoms with Crippen LogP contribution in [0.4, 0.5) is 4.39 Å². The molecule has 0 unspecified atom stereocenters. The Bertz CT molecular complexity index is 656. The first-order chi connectivity index (χ1) is 11.1. The van der Waals surface area contributed by atoms with E-state index in [9.17, 15) is 4.39 Å². The Morgan fingerprint density at radius 1 is 1.26 bits per heavy atom. The fourth-order valence-corrected chi connectivity index (χ4v) is 3.68. The average molecular weight is 318 g/mol. The molecule has 0 atom stereocenters. The lowest BCUT2D eigenvalue weighted by Crippen LogP contribution is -2.37. The molecule has 0 bridgehead atoms. The first-order valence-electron chi connectivity index (χ1n) is 8.59. The van der Waals surface area contributed by atoms with Crippen LogP contribution in [0.1, 0.15) is 25.6 Å². The van der Waals surface area contributed by atoms with Crippen molar-refractivity contribution in [2.24, 2.45) is 5.92 Å². The summed E-state index contributed by atoms with van der Waals surface area (Å²) in [6.45, 7) is 7.12. The molecule has 1 aromatic heterocycles. The first-order valence-corrected chi connectivity index (χ1v) is 8.59. The van der Waals surface area contributed by atoms with E-state index in [2.05, 4.69) is 40.4 Å². The second-order valence-electron chi connectivity index (χ2n) is 6.86. The fourth-order valence-electron chi connectivity index (χ4n) is 3.68. The number of rotatable bonds is 5. The molecule has 1 fully saturated rings. The van der Waals surface area contributed by atoms with Crippen molar-refractivity contribution in [1.29, 1.82) is 0 Å². The number of fused-ring (bicyclic) bond motifs is 1. The van der Waals surface area contributed by atoms with Crippen LogP contribution in [0.5, 0.6) is 0 Å². The maximum Gasteiger partial charge on any atom is 0.151 e. The summed E-state index contributed by atoms with van der Waals surface area (Å²) in [4.78, 5) is 9.32. The molecule has 3 rings (SSSR count). The lowest BCUT2D eigenvalue weighted by atomic mass is 9.96. The molecule has 2 aromatic rings. The number of halogens is 1. The number of aromatic nitrogens is 2. The molecule has 5 heteroatoms. The number of piperidine rings is 1. The molecule has 1 aliphatic rings. The zero-order valence-corrected chi connectivity index (χ0v) is 14.4. The van der Waals surface area contributed by atoms with E-state index in [0.29, 0.717) is 5.52 Å². The Kier molecular flexibility index (Phi) is 4.97. The van der Waals surface area contributed by atoms with E-state index in [1.807, 2.05) is 6.07 Å². The van der Waals surface area contributed by atoms with Crippen LogP contribution < -0.4 is 0 Å².